The summed E-state index contributed by atoms with van der Waals surface area (Å²) in [6.45, 7) is 1.80. The minimum absolute atomic E-state index is 0.156. The van der Waals surface area contributed by atoms with Crippen molar-refractivity contribution >= 4 is 5.91 Å². The maximum absolute atomic E-state index is 11.3. The van der Waals surface area contributed by atoms with Crippen molar-refractivity contribution in [2.45, 2.75) is 51.0 Å². The molecule has 2 N–H and O–H groups in total. The van der Waals surface area contributed by atoms with Gasteiger partial charge in [0.25, 0.3) is 0 Å². The average Bonchev–Trinajstić information content (AvgIpc) is 3.08. The van der Waals surface area contributed by atoms with Crippen LogP contribution in [0.15, 0.2) is 0 Å². The Morgan fingerprint density at radius 1 is 1.25 bits per heavy atom. The number of unbranched alkanes of at least 4 members (excludes halogenated alkanes) is 2. The van der Waals surface area contributed by atoms with Gasteiger partial charge in [0, 0.05) is 25.4 Å². The van der Waals surface area contributed by atoms with Gasteiger partial charge in [0.1, 0.15) is 0 Å². The van der Waals surface area contributed by atoms with Gasteiger partial charge in [0.05, 0.1) is 0 Å². The molecular formula is C13H22N2O. The Balaban J connectivity index is 1.79. The van der Waals surface area contributed by atoms with Crippen LogP contribution >= 0.6 is 0 Å². The van der Waals surface area contributed by atoms with Crippen molar-refractivity contribution < 1.29 is 4.79 Å². The Labute approximate surface area is 98.4 Å². The zero-order valence-electron chi connectivity index (χ0n) is 9.93. The molecule has 0 aromatic rings. The first-order valence-corrected chi connectivity index (χ1v) is 6.26. The van der Waals surface area contributed by atoms with Crippen molar-refractivity contribution in [3.8, 4) is 12.3 Å². The molecular weight excluding hydrogens is 200 g/mol. The topological polar surface area (TPSA) is 41.1 Å². The van der Waals surface area contributed by atoms with Crippen LogP contribution in [0.1, 0.15) is 44.9 Å². The molecule has 0 saturated heterocycles. The molecule has 1 aliphatic carbocycles. The van der Waals surface area contributed by atoms with E-state index >= 15 is 0 Å². The largest absolute Gasteiger partial charge is 0.356 e. The fraction of sp³-hybridized carbons (Fsp3) is 0.769. The molecule has 90 valence electrons. The molecule has 0 heterocycles. The summed E-state index contributed by atoms with van der Waals surface area (Å²) in [6, 6.07) is 0.763. The lowest BCUT2D eigenvalue weighted by Crippen LogP contribution is -2.27. The fourth-order valence-electron chi connectivity index (χ4n) is 1.51. The lowest BCUT2D eigenvalue weighted by atomic mass is 10.2. The van der Waals surface area contributed by atoms with Crippen LogP contribution in [-0.4, -0.2) is 25.0 Å². The van der Waals surface area contributed by atoms with Gasteiger partial charge in [-0.2, -0.15) is 0 Å². The molecule has 0 unspecified atom stereocenters. The molecule has 0 atom stereocenters. The van der Waals surface area contributed by atoms with Crippen LogP contribution in [0.25, 0.3) is 0 Å². The number of rotatable bonds is 9. The molecule has 0 aliphatic heterocycles. The smallest absolute Gasteiger partial charge is 0.219 e. The number of amides is 1. The van der Waals surface area contributed by atoms with Crippen LogP contribution in [0, 0.1) is 12.3 Å². The average molecular weight is 222 g/mol. The van der Waals surface area contributed by atoms with Crippen molar-refractivity contribution in [1.82, 2.24) is 10.6 Å². The number of carbonyl (C=O) groups excluding carboxylic acids is 1. The van der Waals surface area contributed by atoms with Gasteiger partial charge in [-0.15, -0.1) is 12.3 Å². The first-order chi connectivity index (χ1) is 7.83. The van der Waals surface area contributed by atoms with Crippen LogP contribution in [0.5, 0.6) is 0 Å². The Hall–Kier alpha value is -1.01. The van der Waals surface area contributed by atoms with E-state index in [9.17, 15) is 4.79 Å². The van der Waals surface area contributed by atoms with Crippen molar-refractivity contribution in [3.05, 3.63) is 0 Å². The molecule has 0 spiro atoms. The van der Waals surface area contributed by atoms with Crippen molar-refractivity contribution in [3.63, 3.8) is 0 Å². The van der Waals surface area contributed by atoms with E-state index in [1.165, 1.54) is 12.8 Å². The van der Waals surface area contributed by atoms with Crippen molar-refractivity contribution in [1.29, 1.82) is 0 Å². The van der Waals surface area contributed by atoms with Crippen LogP contribution < -0.4 is 10.6 Å². The second-order valence-electron chi connectivity index (χ2n) is 4.34. The van der Waals surface area contributed by atoms with Gasteiger partial charge in [-0.05, 0) is 38.6 Å². The maximum atomic E-state index is 11.3. The lowest BCUT2D eigenvalue weighted by molar-refractivity contribution is -0.121. The number of terminal acetylenes is 1. The molecule has 0 bridgehead atoms. The number of hydrogen-bond donors (Lipinski definition) is 2. The highest BCUT2D eigenvalue weighted by molar-refractivity contribution is 5.75. The SMILES string of the molecule is C#CCCCCC(=O)NCCCNC1CC1. The Morgan fingerprint density at radius 2 is 2.06 bits per heavy atom. The summed E-state index contributed by atoms with van der Waals surface area (Å²) in [6.07, 6.45) is 12.0. The minimum Gasteiger partial charge on any atom is -0.356 e. The quantitative estimate of drug-likeness (QED) is 0.458. The third-order valence-corrected chi connectivity index (χ3v) is 2.66. The first-order valence-electron chi connectivity index (χ1n) is 6.26. The van der Waals surface area contributed by atoms with Crippen LogP contribution in [0.3, 0.4) is 0 Å². The highest BCUT2D eigenvalue weighted by Gasteiger charge is 2.19. The Morgan fingerprint density at radius 3 is 2.75 bits per heavy atom. The molecule has 1 fully saturated rings. The molecule has 16 heavy (non-hydrogen) atoms. The van der Waals surface area contributed by atoms with Crippen LogP contribution in [0.2, 0.25) is 0 Å². The molecule has 3 heteroatoms. The minimum atomic E-state index is 0.156. The van der Waals surface area contributed by atoms with E-state index in [0.717, 1.165) is 44.8 Å². The summed E-state index contributed by atoms with van der Waals surface area (Å²) in [5, 5.41) is 6.34. The van der Waals surface area contributed by atoms with Gasteiger partial charge in [-0.3, -0.25) is 4.79 Å². The van der Waals surface area contributed by atoms with Gasteiger partial charge in [0.2, 0.25) is 5.91 Å². The summed E-state index contributed by atoms with van der Waals surface area (Å²) < 4.78 is 0. The molecule has 1 rings (SSSR count). The monoisotopic (exact) mass is 222 g/mol. The van der Waals surface area contributed by atoms with E-state index in [4.69, 9.17) is 6.42 Å². The zero-order valence-corrected chi connectivity index (χ0v) is 9.93. The third kappa shape index (κ3) is 7.30. The molecule has 0 radical (unpaired) electrons. The summed E-state index contributed by atoms with van der Waals surface area (Å²) in [7, 11) is 0. The Kier molecular flexibility index (Phi) is 6.67. The van der Waals surface area contributed by atoms with Gasteiger partial charge in [0.15, 0.2) is 0 Å². The van der Waals surface area contributed by atoms with Gasteiger partial charge in [-0.25, -0.2) is 0 Å². The summed E-state index contributed by atoms with van der Waals surface area (Å²) in [4.78, 5) is 11.3. The lowest BCUT2D eigenvalue weighted by Gasteiger charge is -2.05. The van der Waals surface area contributed by atoms with E-state index in [-0.39, 0.29) is 5.91 Å². The standard InChI is InChI=1S/C13H22N2O/c1-2-3-4-5-7-13(16)15-11-6-10-14-12-8-9-12/h1,12,14H,3-11H2,(H,15,16). The number of hydrogen-bond acceptors (Lipinski definition) is 2. The van der Waals surface area contributed by atoms with Crippen LogP contribution in [-0.2, 0) is 4.79 Å². The summed E-state index contributed by atoms with van der Waals surface area (Å²) >= 11 is 0. The predicted octanol–water partition coefficient (Wildman–Crippen LogP) is 1.44. The van der Waals surface area contributed by atoms with E-state index in [0.29, 0.717) is 6.42 Å². The van der Waals surface area contributed by atoms with E-state index < -0.39 is 0 Å². The normalized spacial score (nSPS) is 14.4. The molecule has 1 amide bonds. The van der Waals surface area contributed by atoms with E-state index in [1.54, 1.807) is 0 Å². The molecule has 1 aliphatic rings. The van der Waals surface area contributed by atoms with E-state index in [2.05, 4.69) is 16.6 Å². The first kappa shape index (κ1) is 13.1. The summed E-state index contributed by atoms with van der Waals surface area (Å²) in [5.74, 6) is 2.73. The molecule has 3 nitrogen and oxygen atoms in total. The zero-order chi connectivity index (χ0) is 11.6. The molecule has 0 aromatic carbocycles. The summed E-state index contributed by atoms with van der Waals surface area (Å²) in [5.41, 5.74) is 0. The highest BCUT2D eigenvalue weighted by atomic mass is 16.1. The number of carbonyl (C=O) groups is 1. The predicted molar refractivity (Wildman–Crippen MR) is 66.0 cm³/mol. The van der Waals surface area contributed by atoms with Crippen LogP contribution in [0.4, 0.5) is 0 Å². The second-order valence-corrected chi connectivity index (χ2v) is 4.34. The molecule has 1 saturated carbocycles. The highest BCUT2D eigenvalue weighted by Crippen LogP contribution is 2.18. The van der Waals surface area contributed by atoms with Gasteiger partial charge in [-0.1, -0.05) is 0 Å². The molecule has 0 aromatic heterocycles. The van der Waals surface area contributed by atoms with Crippen molar-refractivity contribution in [2.75, 3.05) is 13.1 Å². The fourth-order valence-corrected chi connectivity index (χ4v) is 1.51. The van der Waals surface area contributed by atoms with Gasteiger partial charge < -0.3 is 10.6 Å². The number of nitrogens with one attached hydrogen (secondary N) is 2. The Bertz CT molecular complexity index is 241. The van der Waals surface area contributed by atoms with Gasteiger partial charge >= 0.3 is 0 Å². The maximum Gasteiger partial charge on any atom is 0.219 e. The van der Waals surface area contributed by atoms with E-state index in [1.807, 2.05) is 0 Å². The second kappa shape index (κ2) is 8.18. The third-order valence-electron chi connectivity index (χ3n) is 2.66. The van der Waals surface area contributed by atoms with Crippen molar-refractivity contribution in [2.24, 2.45) is 0 Å².